The minimum absolute atomic E-state index is 0.0773. The Morgan fingerprint density at radius 2 is 1.60 bits per heavy atom. The minimum atomic E-state index is -2.03. The first kappa shape index (κ1) is 45.0. The van der Waals surface area contributed by atoms with Gasteiger partial charge >= 0.3 is 5.97 Å². The summed E-state index contributed by atoms with van der Waals surface area (Å²) >= 11 is 1.50. The molecule has 1 aliphatic rings. The summed E-state index contributed by atoms with van der Waals surface area (Å²) in [7, 11) is 1.50. The summed E-state index contributed by atoms with van der Waals surface area (Å²) in [6, 6.07) is 41.8. The molecule has 0 aliphatic carbocycles. The zero-order valence-electron chi connectivity index (χ0n) is 36.0. The summed E-state index contributed by atoms with van der Waals surface area (Å²) in [5.74, 6) is -0.496. The van der Waals surface area contributed by atoms with Crippen LogP contribution in [0.1, 0.15) is 62.0 Å². The highest BCUT2D eigenvalue weighted by atomic mass is 32.1. The molecule has 12 nitrogen and oxygen atoms in total. The van der Waals surface area contributed by atoms with Crippen molar-refractivity contribution in [1.29, 1.82) is 0 Å². The molecule has 13 heteroatoms. The second-order valence-corrected chi connectivity index (χ2v) is 17.5. The van der Waals surface area contributed by atoms with E-state index >= 15 is 0 Å². The molecule has 8 rings (SSSR count). The number of hydrogen-bond acceptors (Lipinski definition) is 11. The Labute approximate surface area is 381 Å². The molecule has 0 radical (unpaired) electrons. The van der Waals surface area contributed by atoms with Crippen molar-refractivity contribution in [2.24, 2.45) is 5.92 Å². The number of fused-ring (bicyclic) bond motifs is 1. The van der Waals surface area contributed by atoms with Gasteiger partial charge in [-0.15, -0.1) is 11.3 Å². The van der Waals surface area contributed by atoms with Crippen LogP contribution in [0.3, 0.4) is 0 Å². The van der Waals surface area contributed by atoms with Gasteiger partial charge in [-0.3, -0.25) is 14.5 Å². The number of thiophene rings is 1. The molecule has 0 bridgehead atoms. The highest BCUT2D eigenvalue weighted by Gasteiger charge is 2.42. The van der Waals surface area contributed by atoms with Gasteiger partial charge in [0.1, 0.15) is 11.5 Å². The lowest BCUT2D eigenvalue weighted by Crippen LogP contribution is -2.40. The van der Waals surface area contributed by atoms with Crippen LogP contribution < -0.4 is 20.9 Å². The molecule has 1 saturated heterocycles. The fraction of sp³-hybridized carbons (Fsp3) is 0.250. The lowest BCUT2D eigenvalue weighted by molar-refractivity contribution is -0.164. The maximum absolute atomic E-state index is 14.0. The van der Waals surface area contributed by atoms with Gasteiger partial charge < -0.3 is 40.4 Å². The maximum Gasteiger partial charge on any atom is 0.347 e. The second-order valence-electron chi connectivity index (χ2n) is 16.4. The number of aromatic hydroxyl groups is 1. The van der Waals surface area contributed by atoms with Crippen molar-refractivity contribution >= 4 is 34.1 Å². The van der Waals surface area contributed by atoms with Crippen LogP contribution in [0.5, 0.6) is 11.5 Å². The Morgan fingerprint density at radius 3 is 2.37 bits per heavy atom. The lowest BCUT2D eigenvalue weighted by atomic mass is 9.85. The van der Waals surface area contributed by atoms with Crippen LogP contribution >= 0.6 is 11.3 Å². The molecule has 6 N–H and O–H groups in total. The van der Waals surface area contributed by atoms with Gasteiger partial charge in [-0.2, -0.15) is 0 Å². The normalized spacial score (nSPS) is 14.7. The van der Waals surface area contributed by atoms with E-state index in [-0.39, 0.29) is 48.3 Å². The zero-order valence-corrected chi connectivity index (χ0v) is 36.9. The third-order valence-corrected chi connectivity index (χ3v) is 13.1. The Kier molecular flexibility index (Phi) is 14.2. The highest BCUT2D eigenvalue weighted by molar-refractivity contribution is 7.15. The Morgan fingerprint density at radius 1 is 0.846 bits per heavy atom. The van der Waals surface area contributed by atoms with Gasteiger partial charge in [-0.25, -0.2) is 4.79 Å². The van der Waals surface area contributed by atoms with E-state index in [9.17, 15) is 29.7 Å². The number of aliphatic hydroxyl groups is 2. The Balaban J connectivity index is 0.873. The average Bonchev–Trinajstić information content (AvgIpc) is 3.83. The third-order valence-electron chi connectivity index (χ3n) is 12.0. The van der Waals surface area contributed by atoms with Crippen molar-refractivity contribution in [3.8, 4) is 21.9 Å². The number of aliphatic hydroxyl groups excluding tert-OH is 1. The number of piperidine rings is 1. The molecule has 334 valence electrons. The topological polar surface area (TPSA) is 173 Å². The van der Waals surface area contributed by atoms with Crippen molar-refractivity contribution in [2.75, 3.05) is 33.4 Å². The number of likely N-dealkylation sites (tertiary alicyclic amines) is 1. The van der Waals surface area contributed by atoms with Gasteiger partial charge in [0, 0.05) is 46.4 Å². The predicted octanol–water partition coefficient (Wildman–Crippen LogP) is 7.42. The fourth-order valence-corrected chi connectivity index (χ4v) is 9.31. The number of benzene rings is 5. The fourth-order valence-electron chi connectivity index (χ4n) is 8.37. The number of hydrogen-bond donors (Lipinski definition) is 6. The van der Waals surface area contributed by atoms with Gasteiger partial charge in [0.05, 0.1) is 37.4 Å². The number of nitrogens with zero attached hydrogens (tertiary/aromatic N) is 1. The van der Waals surface area contributed by atoms with Crippen LogP contribution in [0.4, 0.5) is 0 Å². The number of aromatic nitrogens is 1. The molecular formula is C52H52N4O8S. The van der Waals surface area contributed by atoms with Crippen LogP contribution in [0, 0.1) is 5.92 Å². The smallest absolute Gasteiger partial charge is 0.347 e. The van der Waals surface area contributed by atoms with Crippen LogP contribution in [0.2, 0.25) is 0 Å². The number of esters is 1. The molecule has 3 heterocycles. The van der Waals surface area contributed by atoms with E-state index in [1.54, 1.807) is 54.6 Å². The molecule has 2 aromatic heterocycles. The van der Waals surface area contributed by atoms with Crippen molar-refractivity contribution in [2.45, 2.75) is 44.2 Å². The second kappa shape index (κ2) is 20.5. The summed E-state index contributed by atoms with van der Waals surface area (Å²) < 4.78 is 11.5. The molecule has 0 spiro atoms. The molecule has 0 unspecified atom stereocenters. The Bertz CT molecular complexity index is 2810. The SMILES string of the molecule is COc1cc(CNC[C@H](O)c2ccc(O)c3[nH]c(=O)ccc23)ccc1C(=O)NCc1ccc(-c2cccc([C@](O)(C(=O)OCC3CCN(Cc4ccccc4)CC3)c3ccccc3)c2)s1. The first-order chi connectivity index (χ1) is 31.6. The molecule has 2 atom stereocenters. The van der Waals surface area contributed by atoms with E-state index in [0.29, 0.717) is 39.9 Å². The number of pyridine rings is 1. The van der Waals surface area contributed by atoms with Crippen molar-refractivity contribution in [3.63, 3.8) is 0 Å². The number of carbonyl (C=O) groups excluding carboxylic acids is 2. The lowest BCUT2D eigenvalue weighted by Gasteiger charge is -2.33. The van der Waals surface area contributed by atoms with Crippen molar-refractivity contribution in [1.82, 2.24) is 20.5 Å². The van der Waals surface area contributed by atoms with Crippen LogP contribution in [0.25, 0.3) is 21.3 Å². The standard InChI is InChI=1S/C52H52N4O8S/c1-63-46-27-36(29-53-31-45(58)41-18-20-44(57)49-42(41)19-22-48(59)55-49)15-17-43(46)50(60)54-30-40-16-21-47(65-40)37-11-8-14-39(28-37)52(62,38-12-6-3-7-13-38)51(61)64-33-35-23-25-56(26-24-35)32-34-9-4-2-5-10-34/h2-22,27-28,35,45,53,57-58,62H,23-26,29-33H2,1H3,(H,54,60)(H,55,59)/t45-,52-/m0/s1. The maximum atomic E-state index is 14.0. The summed E-state index contributed by atoms with van der Waals surface area (Å²) in [6.45, 7) is 3.79. The monoisotopic (exact) mass is 892 g/mol. The number of methoxy groups -OCH3 is 1. The number of phenols is 1. The number of H-pyrrole nitrogens is 1. The summed E-state index contributed by atoms with van der Waals surface area (Å²) in [5, 5.41) is 40.2. The van der Waals surface area contributed by atoms with Crippen LogP contribution in [-0.2, 0) is 34.8 Å². The van der Waals surface area contributed by atoms with Gasteiger partial charge in [-0.1, -0.05) is 91.0 Å². The highest BCUT2D eigenvalue weighted by Crippen LogP contribution is 2.36. The molecular weight excluding hydrogens is 841 g/mol. The van der Waals surface area contributed by atoms with Crippen LogP contribution in [0.15, 0.2) is 144 Å². The number of carbonyl (C=O) groups is 2. The third kappa shape index (κ3) is 10.5. The van der Waals surface area contributed by atoms with Gasteiger partial charge in [0.25, 0.3) is 5.91 Å². The molecule has 1 fully saturated rings. The number of phenolic OH excluding ortho intramolecular Hbond substituents is 1. The van der Waals surface area contributed by atoms with Gasteiger partial charge in [0.15, 0.2) is 0 Å². The molecule has 5 aromatic carbocycles. The minimum Gasteiger partial charge on any atom is -0.506 e. The zero-order chi connectivity index (χ0) is 45.3. The molecule has 0 saturated carbocycles. The first-order valence-corrected chi connectivity index (χ1v) is 22.5. The number of amides is 1. The van der Waals surface area contributed by atoms with E-state index < -0.39 is 17.7 Å². The largest absolute Gasteiger partial charge is 0.506 e. The van der Waals surface area contributed by atoms with Crippen molar-refractivity contribution in [3.05, 3.63) is 188 Å². The molecule has 1 aliphatic heterocycles. The molecule has 65 heavy (non-hydrogen) atoms. The van der Waals surface area contributed by atoms with Gasteiger partial charge in [-0.05, 0) is 102 Å². The summed E-state index contributed by atoms with van der Waals surface area (Å²) in [5.41, 5.74) is 2.56. The number of nitrogens with one attached hydrogen (secondary N) is 3. The molecule has 1 amide bonds. The number of aromatic amines is 1. The molecule has 7 aromatic rings. The average molecular weight is 893 g/mol. The predicted molar refractivity (Wildman–Crippen MR) is 252 cm³/mol. The number of ether oxygens (including phenoxy) is 2. The van der Waals surface area contributed by atoms with E-state index in [1.807, 2.05) is 48.5 Å². The van der Waals surface area contributed by atoms with Crippen LogP contribution in [-0.4, -0.2) is 70.4 Å². The van der Waals surface area contributed by atoms with E-state index in [4.69, 9.17) is 9.47 Å². The summed E-state index contributed by atoms with van der Waals surface area (Å²) in [6.07, 6.45) is 0.884. The van der Waals surface area contributed by atoms with E-state index in [0.717, 1.165) is 53.4 Å². The Hall–Kier alpha value is -6.61. The quantitative estimate of drug-likeness (QED) is 0.0506. The summed E-state index contributed by atoms with van der Waals surface area (Å²) in [4.78, 5) is 46.1. The van der Waals surface area contributed by atoms with E-state index in [2.05, 4.69) is 44.8 Å². The first-order valence-electron chi connectivity index (χ1n) is 21.7. The van der Waals surface area contributed by atoms with Gasteiger partial charge in [0.2, 0.25) is 11.2 Å². The van der Waals surface area contributed by atoms with E-state index in [1.165, 1.54) is 36.1 Å². The number of rotatable bonds is 17. The van der Waals surface area contributed by atoms with Crippen molar-refractivity contribution < 1.29 is 34.4 Å².